The Bertz CT molecular complexity index is 742. The number of halogens is 1. The van der Waals surface area contributed by atoms with Crippen LogP contribution in [-0.4, -0.2) is 33.1 Å². The minimum Gasteiger partial charge on any atom is -0.399 e. The van der Waals surface area contributed by atoms with Gasteiger partial charge in [-0.05, 0) is 47.6 Å². The molecule has 1 aliphatic rings. The van der Waals surface area contributed by atoms with Crippen molar-refractivity contribution in [2.45, 2.75) is 52.7 Å². The molecule has 0 unspecified atom stereocenters. The Labute approximate surface area is 142 Å². The molecule has 0 saturated carbocycles. The summed E-state index contributed by atoms with van der Waals surface area (Å²) in [6.45, 7) is 12.1. The lowest BCUT2D eigenvalue weighted by atomic mass is 9.77. The van der Waals surface area contributed by atoms with Crippen LogP contribution in [0.2, 0.25) is 5.02 Å². The molecule has 0 N–H and O–H groups in total. The smallest absolute Gasteiger partial charge is 0.399 e. The van der Waals surface area contributed by atoms with E-state index in [-0.39, 0.29) is 11.2 Å². The number of aryl methyl sites for hydroxylation is 1. The zero-order valence-corrected chi connectivity index (χ0v) is 15.1. The maximum Gasteiger partial charge on any atom is 0.498 e. The average molecular weight is 334 g/mol. The lowest BCUT2D eigenvalue weighted by Gasteiger charge is -2.32. The van der Waals surface area contributed by atoms with Gasteiger partial charge in [-0.2, -0.15) is 5.10 Å². The third kappa shape index (κ3) is 2.59. The lowest BCUT2D eigenvalue weighted by molar-refractivity contribution is 0.00578. The Kier molecular flexibility index (Phi) is 3.82. The van der Waals surface area contributed by atoms with Crippen molar-refractivity contribution in [1.29, 1.82) is 0 Å². The summed E-state index contributed by atoms with van der Waals surface area (Å²) < 4.78 is 14.2. The highest BCUT2D eigenvalue weighted by atomic mass is 35.5. The summed E-state index contributed by atoms with van der Waals surface area (Å²) in [6, 6.07) is 1.84. The third-order valence-electron chi connectivity index (χ3n) is 4.82. The number of nitrogens with zero attached hydrogens (tertiary/aromatic N) is 3. The van der Waals surface area contributed by atoms with E-state index in [0.29, 0.717) is 5.02 Å². The van der Waals surface area contributed by atoms with E-state index in [1.54, 1.807) is 12.4 Å². The molecule has 7 heteroatoms. The SMILES string of the molecule is Cc1nn(-c2ccncc2Cl)c(C)c1B1OC(C)(C)C(C)(C)O1. The maximum absolute atomic E-state index is 6.26. The van der Waals surface area contributed by atoms with Crippen molar-refractivity contribution >= 4 is 24.2 Å². The van der Waals surface area contributed by atoms with Gasteiger partial charge in [-0.1, -0.05) is 11.6 Å². The van der Waals surface area contributed by atoms with Crippen LogP contribution in [0.25, 0.3) is 5.69 Å². The fraction of sp³-hybridized carbons (Fsp3) is 0.500. The van der Waals surface area contributed by atoms with Crippen LogP contribution in [0.15, 0.2) is 18.5 Å². The minimum atomic E-state index is -0.436. The summed E-state index contributed by atoms with van der Waals surface area (Å²) in [5.41, 5.74) is 2.81. The molecule has 0 radical (unpaired) electrons. The van der Waals surface area contributed by atoms with Crippen molar-refractivity contribution in [1.82, 2.24) is 14.8 Å². The first-order chi connectivity index (χ1) is 10.6. The summed E-state index contributed by atoms with van der Waals surface area (Å²) in [6.07, 6.45) is 3.31. The fourth-order valence-electron chi connectivity index (χ4n) is 2.73. The van der Waals surface area contributed by atoms with Crippen LogP contribution >= 0.6 is 11.6 Å². The molecule has 0 aromatic carbocycles. The largest absolute Gasteiger partial charge is 0.498 e. The summed E-state index contributed by atoms with van der Waals surface area (Å²) >= 11 is 6.26. The number of hydrogen-bond acceptors (Lipinski definition) is 4. The molecule has 0 spiro atoms. The zero-order valence-electron chi connectivity index (χ0n) is 14.3. The summed E-state index contributed by atoms with van der Waals surface area (Å²) in [4.78, 5) is 4.02. The second-order valence-corrected chi connectivity index (χ2v) is 7.32. The predicted molar refractivity (Wildman–Crippen MR) is 91.6 cm³/mol. The van der Waals surface area contributed by atoms with E-state index >= 15 is 0 Å². The molecule has 2 aromatic rings. The van der Waals surface area contributed by atoms with E-state index in [1.165, 1.54) is 0 Å². The quantitative estimate of drug-likeness (QED) is 0.793. The molecule has 0 atom stereocenters. The van der Waals surface area contributed by atoms with Crippen molar-refractivity contribution in [3.63, 3.8) is 0 Å². The molecular formula is C16H21BClN3O2. The van der Waals surface area contributed by atoms with Gasteiger partial charge in [0.25, 0.3) is 0 Å². The number of aromatic nitrogens is 3. The normalized spacial score (nSPS) is 19.3. The van der Waals surface area contributed by atoms with Crippen molar-refractivity contribution in [3.05, 3.63) is 34.9 Å². The third-order valence-corrected chi connectivity index (χ3v) is 5.11. The highest BCUT2D eigenvalue weighted by Crippen LogP contribution is 2.37. The van der Waals surface area contributed by atoms with Crippen molar-refractivity contribution in [2.24, 2.45) is 0 Å². The first-order valence-corrected chi connectivity index (χ1v) is 8.03. The summed E-state index contributed by atoms with van der Waals surface area (Å²) in [5.74, 6) is 0. The van der Waals surface area contributed by atoms with Gasteiger partial charge in [0.2, 0.25) is 0 Å². The summed E-state index contributed by atoms with van der Waals surface area (Å²) in [5, 5.41) is 5.18. The molecule has 2 aromatic heterocycles. The van der Waals surface area contributed by atoms with E-state index in [9.17, 15) is 0 Å². The molecule has 3 rings (SSSR count). The second kappa shape index (κ2) is 5.33. The van der Waals surface area contributed by atoms with E-state index in [2.05, 4.69) is 10.1 Å². The molecule has 0 bridgehead atoms. The van der Waals surface area contributed by atoms with Gasteiger partial charge < -0.3 is 9.31 Å². The van der Waals surface area contributed by atoms with Gasteiger partial charge in [0, 0.05) is 23.6 Å². The molecule has 1 aliphatic heterocycles. The van der Waals surface area contributed by atoms with Gasteiger partial charge in [0.15, 0.2) is 0 Å². The monoisotopic (exact) mass is 333 g/mol. The van der Waals surface area contributed by atoms with Crippen LogP contribution in [0.4, 0.5) is 0 Å². The van der Waals surface area contributed by atoms with Crippen LogP contribution in [0.5, 0.6) is 0 Å². The predicted octanol–water partition coefficient (Wildman–Crippen LogP) is 2.84. The summed E-state index contributed by atoms with van der Waals surface area (Å²) in [7, 11) is -0.436. The lowest BCUT2D eigenvalue weighted by Crippen LogP contribution is -2.41. The molecule has 3 heterocycles. The van der Waals surface area contributed by atoms with Gasteiger partial charge in [0.1, 0.15) is 0 Å². The van der Waals surface area contributed by atoms with E-state index in [4.69, 9.17) is 20.9 Å². The first-order valence-electron chi connectivity index (χ1n) is 7.66. The highest BCUT2D eigenvalue weighted by molar-refractivity contribution is 6.63. The van der Waals surface area contributed by atoms with Crippen molar-refractivity contribution in [3.8, 4) is 5.69 Å². The fourth-order valence-corrected chi connectivity index (χ4v) is 2.93. The second-order valence-electron chi connectivity index (χ2n) is 6.91. The van der Waals surface area contributed by atoms with Crippen LogP contribution in [-0.2, 0) is 9.31 Å². The van der Waals surface area contributed by atoms with Gasteiger partial charge in [0.05, 0.1) is 27.6 Å². The van der Waals surface area contributed by atoms with Gasteiger partial charge in [-0.3, -0.25) is 4.98 Å². The van der Waals surface area contributed by atoms with Gasteiger partial charge in [-0.15, -0.1) is 0 Å². The molecule has 0 amide bonds. The van der Waals surface area contributed by atoms with Gasteiger partial charge in [-0.25, -0.2) is 4.68 Å². The van der Waals surface area contributed by atoms with Crippen LogP contribution in [0.3, 0.4) is 0 Å². The highest BCUT2D eigenvalue weighted by Gasteiger charge is 2.53. The van der Waals surface area contributed by atoms with Crippen molar-refractivity contribution in [2.75, 3.05) is 0 Å². The number of hydrogen-bond donors (Lipinski definition) is 0. The Morgan fingerprint density at radius 1 is 1.13 bits per heavy atom. The molecule has 122 valence electrons. The Balaban J connectivity index is 2.05. The first kappa shape index (κ1) is 16.5. The van der Waals surface area contributed by atoms with E-state index in [0.717, 1.165) is 22.5 Å². The standard InChI is InChI=1S/C16H21BClN3O2/c1-10-14(17-22-15(3,4)16(5,6)23-17)11(2)21(20-10)13-7-8-19-9-12(13)18/h7-9H,1-6H3. The van der Waals surface area contributed by atoms with Crippen LogP contribution < -0.4 is 5.46 Å². The molecule has 1 saturated heterocycles. The topological polar surface area (TPSA) is 49.2 Å². The molecule has 1 fully saturated rings. The van der Waals surface area contributed by atoms with Crippen molar-refractivity contribution < 1.29 is 9.31 Å². The maximum atomic E-state index is 6.26. The molecular weight excluding hydrogens is 312 g/mol. The van der Waals surface area contributed by atoms with Crippen LogP contribution in [0, 0.1) is 13.8 Å². The minimum absolute atomic E-state index is 0.382. The van der Waals surface area contributed by atoms with Gasteiger partial charge >= 0.3 is 7.12 Å². The Morgan fingerprint density at radius 2 is 1.74 bits per heavy atom. The van der Waals surface area contributed by atoms with E-state index in [1.807, 2.05) is 52.3 Å². The zero-order chi connectivity index (χ0) is 17.0. The molecule has 5 nitrogen and oxygen atoms in total. The molecule has 0 aliphatic carbocycles. The Morgan fingerprint density at radius 3 is 2.30 bits per heavy atom. The Hall–Kier alpha value is -1.37. The van der Waals surface area contributed by atoms with Crippen LogP contribution in [0.1, 0.15) is 39.1 Å². The average Bonchev–Trinajstić information content (AvgIpc) is 2.83. The van der Waals surface area contributed by atoms with E-state index < -0.39 is 7.12 Å². The number of pyridine rings is 1. The molecule has 23 heavy (non-hydrogen) atoms. The number of rotatable bonds is 2.